The molecule has 1 aromatic heterocycles. The number of nitrogens with zero attached hydrogens (tertiary/aromatic N) is 3. The maximum atomic E-state index is 12.4. The molecule has 0 unspecified atom stereocenters. The van der Waals surface area contributed by atoms with Crippen molar-refractivity contribution in [3.63, 3.8) is 0 Å². The number of rotatable bonds is 3. The predicted octanol–water partition coefficient (Wildman–Crippen LogP) is 1.12. The number of aromatic nitrogens is 3. The molecular weight excluding hydrogens is 270 g/mol. The highest BCUT2D eigenvalue weighted by Gasteiger charge is 2.27. The highest BCUT2D eigenvalue weighted by molar-refractivity contribution is 6.35. The molecule has 0 fully saturated rings. The molecule has 0 saturated carbocycles. The Morgan fingerprint density at radius 3 is 2.67 bits per heavy atom. The average molecular weight is 283 g/mol. The van der Waals surface area contributed by atoms with Gasteiger partial charge in [-0.15, -0.1) is 5.10 Å². The maximum absolute atomic E-state index is 12.4. The van der Waals surface area contributed by atoms with Crippen LogP contribution in [-0.4, -0.2) is 37.8 Å². The van der Waals surface area contributed by atoms with E-state index in [1.54, 1.807) is 37.4 Å². The van der Waals surface area contributed by atoms with Crippen LogP contribution >= 0.6 is 0 Å². The second kappa shape index (κ2) is 5.06. The van der Waals surface area contributed by atoms with E-state index in [0.717, 1.165) is 0 Å². The first kappa shape index (κ1) is 13.4. The molecule has 0 radical (unpaired) electrons. The van der Waals surface area contributed by atoms with E-state index in [4.69, 9.17) is 0 Å². The molecule has 1 aromatic carbocycles. The second-order valence-corrected chi connectivity index (χ2v) is 4.98. The molecule has 0 spiro atoms. The summed E-state index contributed by atoms with van der Waals surface area (Å²) < 4.78 is 1.29. The molecule has 6 heteroatoms. The summed E-state index contributed by atoms with van der Waals surface area (Å²) in [6.45, 7) is 1.64. The largest absolute Gasteiger partial charge is 0.393 e. The number of carbonyl (C=O) groups is 2. The van der Waals surface area contributed by atoms with Gasteiger partial charge in [-0.2, -0.15) is 0 Å². The number of aliphatic hydroxyl groups excluding tert-OH is 1. The van der Waals surface area contributed by atoms with E-state index in [1.807, 2.05) is 0 Å². The molecular formula is C15H13N3O3. The fourth-order valence-corrected chi connectivity index (χ4v) is 2.28. The monoisotopic (exact) mass is 283 g/mol. The van der Waals surface area contributed by atoms with E-state index in [9.17, 15) is 14.7 Å². The van der Waals surface area contributed by atoms with E-state index >= 15 is 0 Å². The third kappa shape index (κ3) is 2.41. The Hall–Kier alpha value is -2.60. The van der Waals surface area contributed by atoms with Crippen LogP contribution in [0.25, 0.3) is 5.70 Å². The zero-order valence-electron chi connectivity index (χ0n) is 11.4. The SMILES string of the molecule is C[C@H](O)Cc1cn(C2=CC(=O)c3ccccc3C2=O)nn1. The molecule has 21 heavy (non-hydrogen) atoms. The highest BCUT2D eigenvalue weighted by Crippen LogP contribution is 2.23. The van der Waals surface area contributed by atoms with Crippen molar-refractivity contribution in [1.29, 1.82) is 0 Å². The van der Waals surface area contributed by atoms with Gasteiger partial charge >= 0.3 is 0 Å². The molecule has 106 valence electrons. The highest BCUT2D eigenvalue weighted by atomic mass is 16.3. The lowest BCUT2D eigenvalue weighted by atomic mass is 9.93. The summed E-state index contributed by atoms with van der Waals surface area (Å²) in [4.78, 5) is 24.5. The Labute approximate surface area is 120 Å². The molecule has 6 nitrogen and oxygen atoms in total. The second-order valence-electron chi connectivity index (χ2n) is 4.98. The van der Waals surface area contributed by atoms with Crippen LogP contribution in [0.4, 0.5) is 0 Å². The molecule has 0 saturated heterocycles. The summed E-state index contributed by atoms with van der Waals surface area (Å²) in [5.74, 6) is -0.494. The standard InChI is InChI=1S/C15H13N3O3/c1-9(19)6-10-8-18(17-16-10)13-7-14(20)11-4-2-3-5-12(11)15(13)21/h2-5,7-9,19H,6H2,1H3/t9-/m0/s1. The van der Waals surface area contributed by atoms with E-state index in [1.165, 1.54) is 10.8 Å². The smallest absolute Gasteiger partial charge is 0.212 e. The summed E-state index contributed by atoms with van der Waals surface area (Å²) in [6.07, 6.45) is 2.61. The number of Topliss-reactive ketones (excluding diaryl/α,β-unsaturated/α-hetero) is 1. The molecule has 0 bridgehead atoms. The minimum Gasteiger partial charge on any atom is -0.393 e. The Balaban J connectivity index is 1.99. The van der Waals surface area contributed by atoms with Crippen molar-refractivity contribution < 1.29 is 14.7 Å². The zero-order chi connectivity index (χ0) is 15.0. The van der Waals surface area contributed by atoms with Gasteiger partial charge in [-0.05, 0) is 6.92 Å². The molecule has 1 N–H and O–H groups in total. The van der Waals surface area contributed by atoms with E-state index in [0.29, 0.717) is 23.2 Å². The molecule has 1 atom stereocenters. The fraction of sp³-hybridized carbons (Fsp3) is 0.200. The Morgan fingerprint density at radius 1 is 1.24 bits per heavy atom. The van der Waals surface area contributed by atoms with Crippen molar-refractivity contribution in [2.75, 3.05) is 0 Å². The van der Waals surface area contributed by atoms with Crippen molar-refractivity contribution in [2.45, 2.75) is 19.4 Å². The molecule has 1 aliphatic carbocycles. The van der Waals surface area contributed by atoms with Gasteiger partial charge in [0.2, 0.25) is 5.78 Å². The molecule has 1 aliphatic rings. The number of hydrogen-bond acceptors (Lipinski definition) is 5. The minimum absolute atomic E-state index is 0.169. The molecule has 0 amide bonds. The number of ketones is 2. The number of allylic oxidation sites excluding steroid dienone is 2. The fourth-order valence-electron chi connectivity index (χ4n) is 2.28. The predicted molar refractivity (Wildman–Crippen MR) is 74.8 cm³/mol. The maximum Gasteiger partial charge on any atom is 0.212 e. The van der Waals surface area contributed by atoms with Crippen molar-refractivity contribution in [3.8, 4) is 0 Å². The van der Waals surface area contributed by atoms with Gasteiger partial charge in [0.25, 0.3) is 0 Å². The van der Waals surface area contributed by atoms with Crippen LogP contribution in [0.3, 0.4) is 0 Å². The van der Waals surface area contributed by atoms with Crippen LogP contribution in [-0.2, 0) is 6.42 Å². The summed E-state index contributed by atoms with van der Waals surface area (Å²) in [5, 5.41) is 17.1. The quantitative estimate of drug-likeness (QED) is 0.912. The van der Waals surface area contributed by atoms with Crippen molar-refractivity contribution in [2.24, 2.45) is 0 Å². The molecule has 0 aliphatic heterocycles. The van der Waals surface area contributed by atoms with Crippen LogP contribution in [0.15, 0.2) is 36.5 Å². The summed E-state index contributed by atoms with van der Waals surface area (Å²) in [6, 6.07) is 6.69. The number of fused-ring (bicyclic) bond motifs is 1. The number of benzene rings is 1. The van der Waals surface area contributed by atoms with E-state index in [2.05, 4.69) is 10.3 Å². The van der Waals surface area contributed by atoms with Gasteiger partial charge in [-0.3, -0.25) is 9.59 Å². The number of hydrogen-bond donors (Lipinski definition) is 1. The van der Waals surface area contributed by atoms with Gasteiger partial charge in [0.1, 0.15) is 5.70 Å². The average Bonchev–Trinajstić information content (AvgIpc) is 2.90. The molecule has 3 rings (SSSR count). The Bertz CT molecular complexity index is 759. The lowest BCUT2D eigenvalue weighted by Crippen LogP contribution is -2.19. The lowest BCUT2D eigenvalue weighted by molar-refractivity contribution is 0.0996. The first-order valence-corrected chi connectivity index (χ1v) is 6.55. The Morgan fingerprint density at radius 2 is 1.95 bits per heavy atom. The van der Waals surface area contributed by atoms with Crippen molar-refractivity contribution in [3.05, 3.63) is 53.4 Å². The lowest BCUT2D eigenvalue weighted by Gasteiger charge is -2.14. The van der Waals surface area contributed by atoms with E-state index in [-0.39, 0.29) is 17.3 Å². The van der Waals surface area contributed by atoms with Crippen LogP contribution in [0.2, 0.25) is 0 Å². The van der Waals surface area contributed by atoms with Gasteiger partial charge in [0, 0.05) is 23.6 Å². The van der Waals surface area contributed by atoms with Gasteiger partial charge in [-0.25, -0.2) is 4.68 Å². The first-order valence-electron chi connectivity index (χ1n) is 6.55. The van der Waals surface area contributed by atoms with Gasteiger partial charge < -0.3 is 5.11 Å². The molecule has 1 heterocycles. The van der Waals surface area contributed by atoms with Crippen LogP contribution in [0.1, 0.15) is 33.3 Å². The summed E-state index contributed by atoms with van der Waals surface area (Å²) >= 11 is 0. The van der Waals surface area contributed by atoms with Gasteiger partial charge in [-0.1, -0.05) is 29.5 Å². The normalized spacial score (nSPS) is 15.6. The summed E-state index contributed by atoms with van der Waals surface area (Å²) in [5.41, 5.74) is 1.50. The third-order valence-corrected chi connectivity index (χ3v) is 3.23. The van der Waals surface area contributed by atoms with Gasteiger partial charge in [0.05, 0.1) is 18.0 Å². The third-order valence-electron chi connectivity index (χ3n) is 3.23. The summed E-state index contributed by atoms with van der Waals surface area (Å²) in [7, 11) is 0. The number of aliphatic hydroxyl groups is 1. The minimum atomic E-state index is -0.548. The topological polar surface area (TPSA) is 85.1 Å². The van der Waals surface area contributed by atoms with Crippen molar-refractivity contribution >= 4 is 17.3 Å². The van der Waals surface area contributed by atoms with E-state index < -0.39 is 6.10 Å². The van der Waals surface area contributed by atoms with Crippen LogP contribution in [0.5, 0.6) is 0 Å². The van der Waals surface area contributed by atoms with Gasteiger partial charge in [0.15, 0.2) is 5.78 Å². The van der Waals surface area contributed by atoms with Crippen LogP contribution < -0.4 is 0 Å². The number of carbonyl (C=O) groups excluding carboxylic acids is 2. The first-order chi connectivity index (χ1) is 10.1. The van der Waals surface area contributed by atoms with Crippen LogP contribution in [0, 0.1) is 0 Å². The zero-order valence-corrected chi connectivity index (χ0v) is 11.4. The van der Waals surface area contributed by atoms with Crippen molar-refractivity contribution in [1.82, 2.24) is 15.0 Å². The Kier molecular flexibility index (Phi) is 3.23. The molecule has 2 aromatic rings.